The number of hydrogen-bond acceptors (Lipinski definition) is 4. The lowest BCUT2D eigenvalue weighted by molar-refractivity contribution is -0.123. The van der Waals surface area contributed by atoms with Crippen LogP contribution in [0.3, 0.4) is 0 Å². The molecule has 4 nitrogen and oxygen atoms in total. The molecule has 1 aromatic carbocycles. The Kier molecular flexibility index (Phi) is 5.01. The van der Waals surface area contributed by atoms with Crippen LogP contribution in [-0.2, 0) is 21.1 Å². The van der Waals surface area contributed by atoms with Crippen molar-refractivity contribution in [2.75, 3.05) is 11.5 Å². The van der Waals surface area contributed by atoms with Crippen LogP contribution in [0, 0.1) is 5.82 Å². The van der Waals surface area contributed by atoms with E-state index in [4.69, 9.17) is 0 Å². The monoisotopic (exact) mass is 367 g/mol. The van der Waals surface area contributed by atoms with Gasteiger partial charge in [-0.15, -0.1) is 11.3 Å². The van der Waals surface area contributed by atoms with Gasteiger partial charge >= 0.3 is 0 Å². The molecule has 2 atom stereocenters. The molecule has 2 aromatic rings. The zero-order valence-electron chi connectivity index (χ0n) is 12.9. The van der Waals surface area contributed by atoms with Crippen LogP contribution in [0.5, 0.6) is 0 Å². The Labute approximate surface area is 144 Å². The van der Waals surface area contributed by atoms with Crippen LogP contribution in [-0.4, -0.2) is 31.9 Å². The topological polar surface area (TPSA) is 63.2 Å². The summed E-state index contributed by atoms with van der Waals surface area (Å²) in [6.07, 6.45) is 0.956. The number of hydrogen-bond donors (Lipinski definition) is 1. The Hall–Kier alpha value is -1.73. The smallest absolute Gasteiger partial charge is 0.228 e. The van der Waals surface area contributed by atoms with Crippen LogP contribution >= 0.6 is 11.3 Å². The third-order valence-corrected chi connectivity index (χ3v) is 6.82. The fourth-order valence-corrected chi connectivity index (χ4v) is 5.32. The average molecular weight is 367 g/mol. The van der Waals surface area contributed by atoms with Crippen LogP contribution in [0.4, 0.5) is 4.39 Å². The van der Waals surface area contributed by atoms with Crippen molar-refractivity contribution in [2.45, 2.75) is 24.8 Å². The van der Waals surface area contributed by atoms with Crippen LogP contribution in [0.2, 0.25) is 0 Å². The van der Waals surface area contributed by atoms with Gasteiger partial charge in [0, 0.05) is 10.9 Å². The Morgan fingerprint density at radius 2 is 2.04 bits per heavy atom. The molecule has 0 bridgehead atoms. The Morgan fingerprint density at radius 1 is 1.29 bits per heavy atom. The highest BCUT2D eigenvalue weighted by atomic mass is 32.2. The van der Waals surface area contributed by atoms with Gasteiger partial charge in [0.05, 0.1) is 17.4 Å². The van der Waals surface area contributed by atoms with E-state index in [1.54, 1.807) is 23.5 Å². The third kappa shape index (κ3) is 4.21. The van der Waals surface area contributed by atoms with Crippen molar-refractivity contribution in [3.05, 3.63) is 58.0 Å². The zero-order chi connectivity index (χ0) is 17.2. The minimum atomic E-state index is -3.05. The largest absolute Gasteiger partial charge is 0.352 e. The maximum Gasteiger partial charge on any atom is 0.228 e. The number of amides is 1. The van der Waals surface area contributed by atoms with E-state index >= 15 is 0 Å². The normalized spacial score (nSPS) is 20.6. The first-order valence-corrected chi connectivity index (χ1v) is 10.4. The van der Waals surface area contributed by atoms with Crippen LogP contribution in [0.1, 0.15) is 22.8 Å². The lowest BCUT2D eigenvalue weighted by Gasteiger charge is -2.19. The molecule has 2 unspecified atom stereocenters. The summed E-state index contributed by atoms with van der Waals surface area (Å²) in [4.78, 5) is 13.8. The average Bonchev–Trinajstić information content (AvgIpc) is 3.15. The maximum absolute atomic E-state index is 13.2. The van der Waals surface area contributed by atoms with E-state index in [0.29, 0.717) is 12.8 Å². The van der Waals surface area contributed by atoms with Crippen molar-refractivity contribution in [3.8, 4) is 0 Å². The molecule has 1 aliphatic rings. The number of nitrogens with one attached hydrogen (secondary N) is 1. The molecule has 0 radical (unpaired) electrons. The molecule has 1 N–H and O–H groups in total. The SMILES string of the molecule is O=C(NC1CCS(=O)(=O)C1)C(Cc1cccs1)c1ccc(F)cc1. The zero-order valence-corrected chi connectivity index (χ0v) is 14.6. The number of thiophene rings is 1. The Balaban J connectivity index is 1.78. The molecule has 1 aromatic heterocycles. The van der Waals surface area contributed by atoms with E-state index in [2.05, 4.69) is 5.32 Å². The quantitative estimate of drug-likeness (QED) is 0.883. The first-order chi connectivity index (χ1) is 11.4. The third-order valence-electron chi connectivity index (χ3n) is 4.15. The molecule has 3 rings (SSSR count). The van der Waals surface area contributed by atoms with Gasteiger partial charge in [-0.3, -0.25) is 4.79 Å². The number of halogens is 1. The van der Waals surface area contributed by atoms with Gasteiger partial charge in [0.15, 0.2) is 9.84 Å². The van der Waals surface area contributed by atoms with E-state index in [-0.39, 0.29) is 29.3 Å². The van der Waals surface area contributed by atoms with Gasteiger partial charge in [-0.2, -0.15) is 0 Å². The van der Waals surface area contributed by atoms with Gasteiger partial charge < -0.3 is 5.32 Å². The molecule has 1 saturated heterocycles. The minimum absolute atomic E-state index is 0.00607. The molecule has 24 heavy (non-hydrogen) atoms. The summed E-state index contributed by atoms with van der Waals surface area (Å²) in [5.74, 6) is -0.918. The molecule has 1 aliphatic heterocycles. The lowest BCUT2D eigenvalue weighted by atomic mass is 9.93. The van der Waals surface area contributed by atoms with Crippen molar-refractivity contribution in [1.29, 1.82) is 0 Å². The lowest BCUT2D eigenvalue weighted by Crippen LogP contribution is -2.39. The summed E-state index contributed by atoms with van der Waals surface area (Å²) in [5.41, 5.74) is 0.725. The van der Waals surface area contributed by atoms with Crippen molar-refractivity contribution < 1.29 is 17.6 Å². The van der Waals surface area contributed by atoms with E-state index in [0.717, 1.165) is 10.4 Å². The van der Waals surface area contributed by atoms with E-state index in [1.165, 1.54) is 12.1 Å². The summed E-state index contributed by atoms with van der Waals surface area (Å²) >= 11 is 1.56. The van der Waals surface area contributed by atoms with Crippen molar-refractivity contribution in [3.63, 3.8) is 0 Å². The number of carbonyl (C=O) groups is 1. The number of sulfone groups is 1. The van der Waals surface area contributed by atoms with Crippen molar-refractivity contribution in [2.24, 2.45) is 0 Å². The molecule has 0 spiro atoms. The van der Waals surface area contributed by atoms with Gasteiger partial charge in [-0.25, -0.2) is 12.8 Å². The second-order valence-electron chi connectivity index (χ2n) is 6.00. The van der Waals surface area contributed by atoms with Crippen molar-refractivity contribution >= 4 is 27.1 Å². The number of carbonyl (C=O) groups excluding carboxylic acids is 1. The van der Waals surface area contributed by atoms with Gasteiger partial charge in [0.25, 0.3) is 0 Å². The molecule has 0 saturated carbocycles. The highest BCUT2D eigenvalue weighted by Crippen LogP contribution is 2.25. The predicted octanol–water partition coefficient (Wildman–Crippen LogP) is 2.52. The van der Waals surface area contributed by atoms with Gasteiger partial charge in [0.1, 0.15) is 5.82 Å². The van der Waals surface area contributed by atoms with E-state index in [9.17, 15) is 17.6 Å². The Morgan fingerprint density at radius 3 is 2.62 bits per heavy atom. The highest BCUT2D eigenvalue weighted by molar-refractivity contribution is 7.91. The molecule has 0 aliphatic carbocycles. The van der Waals surface area contributed by atoms with Crippen LogP contribution in [0.25, 0.3) is 0 Å². The van der Waals surface area contributed by atoms with Gasteiger partial charge in [0.2, 0.25) is 5.91 Å². The molecule has 1 amide bonds. The van der Waals surface area contributed by atoms with Gasteiger partial charge in [-0.05, 0) is 42.0 Å². The van der Waals surface area contributed by atoms with E-state index < -0.39 is 15.8 Å². The first kappa shape index (κ1) is 17.1. The first-order valence-electron chi connectivity index (χ1n) is 7.71. The molecule has 128 valence electrons. The number of benzene rings is 1. The molecular weight excluding hydrogens is 349 g/mol. The molecule has 2 heterocycles. The molecule has 1 fully saturated rings. The second kappa shape index (κ2) is 7.03. The summed E-state index contributed by atoms with van der Waals surface area (Å²) < 4.78 is 36.3. The fourth-order valence-electron chi connectivity index (χ4n) is 2.90. The summed E-state index contributed by atoms with van der Waals surface area (Å²) in [6.45, 7) is 0. The fraction of sp³-hybridized carbons (Fsp3) is 0.353. The predicted molar refractivity (Wildman–Crippen MR) is 92.4 cm³/mol. The standard InChI is InChI=1S/C17H18FNO3S2/c18-13-5-3-12(4-6-13)16(10-15-2-1-8-23-15)17(20)19-14-7-9-24(21,22)11-14/h1-6,8,14,16H,7,9-11H2,(H,19,20). The molecular formula is C17H18FNO3S2. The van der Waals surface area contributed by atoms with Gasteiger partial charge in [-0.1, -0.05) is 18.2 Å². The number of rotatable bonds is 5. The van der Waals surface area contributed by atoms with Crippen LogP contribution < -0.4 is 5.32 Å². The summed E-state index contributed by atoms with van der Waals surface area (Å²) in [7, 11) is -3.05. The highest BCUT2D eigenvalue weighted by Gasteiger charge is 2.31. The summed E-state index contributed by atoms with van der Waals surface area (Å²) in [6, 6.07) is 9.43. The minimum Gasteiger partial charge on any atom is -0.352 e. The summed E-state index contributed by atoms with van der Waals surface area (Å²) in [5, 5.41) is 4.80. The second-order valence-corrected chi connectivity index (χ2v) is 9.26. The van der Waals surface area contributed by atoms with Crippen LogP contribution in [0.15, 0.2) is 41.8 Å². The maximum atomic E-state index is 13.2. The Bertz CT molecular complexity index is 801. The van der Waals surface area contributed by atoms with Crippen molar-refractivity contribution in [1.82, 2.24) is 5.32 Å². The van der Waals surface area contributed by atoms with E-state index in [1.807, 2.05) is 17.5 Å². The molecule has 7 heteroatoms.